The zero-order valence-electron chi connectivity index (χ0n) is 15.8. The zero-order chi connectivity index (χ0) is 19.4. The molecule has 0 bridgehead atoms. The first-order valence-electron chi connectivity index (χ1n) is 9.07. The van der Waals surface area contributed by atoms with E-state index < -0.39 is 0 Å². The molecule has 2 aromatic carbocycles. The summed E-state index contributed by atoms with van der Waals surface area (Å²) in [5.41, 5.74) is 8.21. The maximum atomic E-state index is 12.8. The monoisotopic (exact) mass is 421 g/mol. The number of piperazine rings is 1. The van der Waals surface area contributed by atoms with Crippen LogP contribution >= 0.6 is 24.0 Å². The second-order valence-corrected chi connectivity index (χ2v) is 7.36. The highest BCUT2D eigenvalue weighted by atomic mass is 35.5. The molecule has 2 atom stereocenters. The third-order valence-corrected chi connectivity index (χ3v) is 5.28. The van der Waals surface area contributed by atoms with Gasteiger partial charge >= 0.3 is 0 Å². The molecule has 2 aromatic rings. The van der Waals surface area contributed by atoms with E-state index in [1.807, 2.05) is 61.5 Å². The fraction of sp³-hybridized carbons (Fsp3) is 0.333. The summed E-state index contributed by atoms with van der Waals surface area (Å²) in [6.07, 6.45) is 0. The molecular formula is C21H25Cl2N3O2. The van der Waals surface area contributed by atoms with Gasteiger partial charge < -0.3 is 15.5 Å². The number of hydrogen-bond donors (Lipinski definition) is 1. The summed E-state index contributed by atoms with van der Waals surface area (Å²) in [5.74, 6) is -0.515. The molecule has 1 aliphatic heterocycles. The number of nitrogens with two attached hydrogens (primary N) is 1. The smallest absolute Gasteiger partial charge is 0.242 e. The summed E-state index contributed by atoms with van der Waals surface area (Å²) in [4.78, 5) is 28.7. The van der Waals surface area contributed by atoms with E-state index in [0.717, 1.165) is 11.1 Å². The Morgan fingerprint density at radius 2 is 1.75 bits per heavy atom. The van der Waals surface area contributed by atoms with E-state index in [4.69, 9.17) is 17.3 Å². The Morgan fingerprint density at radius 3 is 2.36 bits per heavy atom. The first-order chi connectivity index (χ1) is 13.0. The Labute approximate surface area is 176 Å². The lowest BCUT2D eigenvalue weighted by Gasteiger charge is -2.36. The zero-order valence-corrected chi connectivity index (χ0v) is 17.3. The highest BCUT2D eigenvalue weighted by Gasteiger charge is 2.32. The van der Waals surface area contributed by atoms with Crippen molar-refractivity contribution in [3.05, 3.63) is 70.7 Å². The predicted octanol–water partition coefficient (Wildman–Crippen LogP) is 3.27. The fourth-order valence-electron chi connectivity index (χ4n) is 3.28. The van der Waals surface area contributed by atoms with E-state index in [0.29, 0.717) is 24.7 Å². The Hall–Kier alpha value is -2.08. The van der Waals surface area contributed by atoms with E-state index in [1.54, 1.807) is 9.80 Å². The van der Waals surface area contributed by atoms with Crippen LogP contribution < -0.4 is 5.73 Å². The highest BCUT2D eigenvalue weighted by Crippen LogP contribution is 2.22. The lowest BCUT2D eigenvalue weighted by molar-refractivity contribution is -0.148. The number of carbonyl (C=O) groups is 2. The second-order valence-electron chi connectivity index (χ2n) is 6.93. The molecule has 0 radical (unpaired) electrons. The maximum absolute atomic E-state index is 12.8. The van der Waals surface area contributed by atoms with Gasteiger partial charge in [0.15, 0.2) is 0 Å². The quantitative estimate of drug-likeness (QED) is 0.805. The number of hydrogen-bond acceptors (Lipinski definition) is 3. The Bertz CT molecular complexity index is 799. The SMILES string of the molecule is CC(C(=O)N1CCN(Cc2ccc(Cl)cc2)C(=O)C1)C(N)c1ccccc1.Cl. The average Bonchev–Trinajstić information content (AvgIpc) is 2.70. The average molecular weight is 422 g/mol. The van der Waals surface area contributed by atoms with E-state index in [1.165, 1.54) is 0 Å². The summed E-state index contributed by atoms with van der Waals surface area (Å²) < 4.78 is 0. The minimum atomic E-state index is -0.388. The van der Waals surface area contributed by atoms with Gasteiger partial charge in [0.1, 0.15) is 0 Å². The van der Waals surface area contributed by atoms with Crippen LogP contribution in [0.1, 0.15) is 24.1 Å². The van der Waals surface area contributed by atoms with Crippen LogP contribution in [0.25, 0.3) is 0 Å². The second kappa shape index (κ2) is 9.92. The third-order valence-electron chi connectivity index (χ3n) is 5.03. The molecule has 2 N–H and O–H groups in total. The van der Waals surface area contributed by atoms with Crippen molar-refractivity contribution in [3.8, 4) is 0 Å². The number of halogens is 2. The normalized spacial score (nSPS) is 16.3. The molecule has 1 aliphatic rings. The predicted molar refractivity (Wildman–Crippen MR) is 113 cm³/mol. The summed E-state index contributed by atoms with van der Waals surface area (Å²) in [6.45, 7) is 3.48. The lowest BCUT2D eigenvalue weighted by Crippen LogP contribution is -2.53. The van der Waals surface area contributed by atoms with Crippen molar-refractivity contribution in [2.75, 3.05) is 19.6 Å². The van der Waals surface area contributed by atoms with Gasteiger partial charge in [-0.1, -0.05) is 61.0 Å². The van der Waals surface area contributed by atoms with Crippen molar-refractivity contribution >= 4 is 35.8 Å². The Kier molecular flexibility index (Phi) is 7.87. The van der Waals surface area contributed by atoms with Gasteiger partial charge in [-0.15, -0.1) is 12.4 Å². The van der Waals surface area contributed by atoms with Gasteiger partial charge in [0, 0.05) is 30.7 Å². The van der Waals surface area contributed by atoms with Gasteiger partial charge in [-0.3, -0.25) is 9.59 Å². The van der Waals surface area contributed by atoms with Crippen LogP contribution in [0.4, 0.5) is 0 Å². The molecule has 1 saturated heterocycles. The molecule has 1 heterocycles. The molecular weight excluding hydrogens is 397 g/mol. The molecule has 2 unspecified atom stereocenters. The third kappa shape index (κ3) is 5.25. The minimum Gasteiger partial charge on any atom is -0.335 e. The number of amides is 2. The maximum Gasteiger partial charge on any atom is 0.242 e. The summed E-state index contributed by atoms with van der Waals surface area (Å²) in [6, 6.07) is 16.6. The molecule has 0 aromatic heterocycles. The summed E-state index contributed by atoms with van der Waals surface area (Å²) >= 11 is 5.90. The van der Waals surface area contributed by atoms with Gasteiger partial charge in [-0.25, -0.2) is 0 Å². The van der Waals surface area contributed by atoms with Crippen LogP contribution in [0.5, 0.6) is 0 Å². The molecule has 28 heavy (non-hydrogen) atoms. The van der Waals surface area contributed by atoms with Crippen molar-refractivity contribution in [2.24, 2.45) is 11.7 Å². The van der Waals surface area contributed by atoms with Crippen LogP contribution in [0, 0.1) is 5.92 Å². The van der Waals surface area contributed by atoms with Crippen LogP contribution in [0.15, 0.2) is 54.6 Å². The minimum absolute atomic E-state index is 0. The molecule has 5 nitrogen and oxygen atoms in total. The topological polar surface area (TPSA) is 66.6 Å². The molecule has 0 spiro atoms. The number of benzene rings is 2. The van der Waals surface area contributed by atoms with Gasteiger partial charge in [0.25, 0.3) is 0 Å². The number of nitrogens with zero attached hydrogens (tertiary/aromatic N) is 2. The van der Waals surface area contributed by atoms with Crippen molar-refractivity contribution < 1.29 is 9.59 Å². The van der Waals surface area contributed by atoms with Crippen LogP contribution in [-0.2, 0) is 16.1 Å². The molecule has 3 rings (SSSR count). The number of rotatable bonds is 5. The van der Waals surface area contributed by atoms with E-state index in [9.17, 15) is 9.59 Å². The highest BCUT2D eigenvalue weighted by molar-refractivity contribution is 6.30. The van der Waals surface area contributed by atoms with E-state index in [2.05, 4.69) is 0 Å². The number of carbonyl (C=O) groups excluding carboxylic acids is 2. The van der Waals surface area contributed by atoms with Crippen LogP contribution in [0.2, 0.25) is 5.02 Å². The van der Waals surface area contributed by atoms with Crippen LogP contribution in [-0.4, -0.2) is 41.2 Å². The molecule has 150 valence electrons. The first-order valence-corrected chi connectivity index (χ1v) is 9.45. The van der Waals surface area contributed by atoms with Crippen molar-refractivity contribution in [1.82, 2.24) is 9.80 Å². The fourth-order valence-corrected chi connectivity index (χ4v) is 3.41. The van der Waals surface area contributed by atoms with Crippen molar-refractivity contribution in [3.63, 3.8) is 0 Å². The largest absolute Gasteiger partial charge is 0.335 e. The van der Waals surface area contributed by atoms with Crippen molar-refractivity contribution in [2.45, 2.75) is 19.5 Å². The van der Waals surface area contributed by atoms with Crippen molar-refractivity contribution in [1.29, 1.82) is 0 Å². The van der Waals surface area contributed by atoms with Gasteiger partial charge in [-0.05, 0) is 23.3 Å². The van der Waals surface area contributed by atoms with E-state index >= 15 is 0 Å². The molecule has 1 fully saturated rings. The van der Waals surface area contributed by atoms with Gasteiger partial charge in [0.2, 0.25) is 11.8 Å². The first kappa shape index (κ1) is 22.2. The Balaban J connectivity index is 0.00000280. The van der Waals surface area contributed by atoms with Gasteiger partial charge in [-0.2, -0.15) is 0 Å². The lowest BCUT2D eigenvalue weighted by atomic mass is 9.94. The standard InChI is InChI=1S/C21H24ClN3O2.ClH/c1-15(20(23)17-5-3-2-4-6-17)21(27)25-12-11-24(19(26)14-25)13-16-7-9-18(22)10-8-16;/h2-10,15,20H,11-14,23H2,1H3;1H. The van der Waals surface area contributed by atoms with Gasteiger partial charge in [0.05, 0.1) is 12.5 Å². The van der Waals surface area contributed by atoms with Crippen LogP contribution in [0.3, 0.4) is 0 Å². The van der Waals surface area contributed by atoms with E-state index in [-0.39, 0.29) is 42.7 Å². The summed E-state index contributed by atoms with van der Waals surface area (Å²) in [7, 11) is 0. The molecule has 0 saturated carbocycles. The molecule has 2 amide bonds. The molecule has 7 heteroatoms. The molecule has 0 aliphatic carbocycles. The Morgan fingerprint density at radius 1 is 1.11 bits per heavy atom. The summed E-state index contributed by atoms with van der Waals surface area (Å²) in [5, 5.41) is 0.671.